The Morgan fingerprint density at radius 1 is 1.33 bits per heavy atom. The van der Waals surface area contributed by atoms with Crippen LogP contribution in [0.15, 0.2) is 0 Å². The van der Waals surface area contributed by atoms with E-state index in [4.69, 9.17) is 4.74 Å². The van der Waals surface area contributed by atoms with Gasteiger partial charge < -0.3 is 10.1 Å². The summed E-state index contributed by atoms with van der Waals surface area (Å²) in [5.41, 5.74) is 0.254. The smallest absolute Gasteiger partial charge is 0.0858 e. The van der Waals surface area contributed by atoms with Gasteiger partial charge in [-0.05, 0) is 12.8 Å². The minimum atomic E-state index is 0.254. The summed E-state index contributed by atoms with van der Waals surface area (Å²) in [6, 6.07) is 1.23. The molecule has 1 heterocycles. The number of rotatable bonds is 2. The maximum absolute atomic E-state index is 5.73. The van der Waals surface area contributed by atoms with Gasteiger partial charge in [-0.3, -0.25) is 0 Å². The fraction of sp³-hybridized carbons (Fsp3) is 1.00. The molecule has 0 aromatic rings. The first kappa shape index (κ1) is 8.52. The molecule has 1 spiro atoms. The van der Waals surface area contributed by atoms with E-state index in [1.165, 1.54) is 25.7 Å². The third-order valence-electron chi connectivity index (χ3n) is 3.16. The van der Waals surface area contributed by atoms with E-state index >= 15 is 0 Å². The highest BCUT2D eigenvalue weighted by molar-refractivity contribution is 5.03. The predicted octanol–water partition coefficient (Wildman–Crippen LogP) is 1.70. The van der Waals surface area contributed by atoms with Crippen molar-refractivity contribution in [1.82, 2.24) is 5.32 Å². The van der Waals surface area contributed by atoms with Crippen LogP contribution in [0.4, 0.5) is 0 Å². The van der Waals surface area contributed by atoms with Crippen LogP contribution in [0.2, 0.25) is 0 Å². The molecule has 1 saturated carbocycles. The first-order valence-electron chi connectivity index (χ1n) is 5.13. The molecule has 1 saturated heterocycles. The molecule has 0 aromatic heterocycles. The molecule has 1 aliphatic carbocycles. The molecule has 1 atom stereocenters. The Morgan fingerprint density at radius 2 is 2.00 bits per heavy atom. The second kappa shape index (κ2) is 3.00. The summed E-state index contributed by atoms with van der Waals surface area (Å²) < 4.78 is 5.73. The van der Waals surface area contributed by atoms with Crippen LogP contribution in [0.5, 0.6) is 0 Å². The monoisotopic (exact) mass is 169 g/mol. The van der Waals surface area contributed by atoms with E-state index in [2.05, 4.69) is 19.2 Å². The molecule has 2 rings (SSSR count). The van der Waals surface area contributed by atoms with Gasteiger partial charge in [-0.2, -0.15) is 0 Å². The summed E-state index contributed by atoms with van der Waals surface area (Å²) in [6.45, 7) is 5.35. The predicted molar refractivity (Wildman–Crippen MR) is 49.2 cm³/mol. The number of nitrogens with one attached hydrogen (secondary N) is 1. The van der Waals surface area contributed by atoms with Gasteiger partial charge in [0.2, 0.25) is 0 Å². The Balaban J connectivity index is 1.91. The normalized spacial score (nSPS) is 32.8. The summed E-state index contributed by atoms with van der Waals surface area (Å²) in [5.74, 6) is 0. The van der Waals surface area contributed by atoms with Gasteiger partial charge in [-0.25, -0.2) is 0 Å². The average Bonchev–Trinajstić information content (AvgIpc) is 2.48. The lowest BCUT2D eigenvalue weighted by Crippen LogP contribution is -2.64. The standard InChI is InChI=1S/C10H19NO/c1-8(2)11-9-7-12-10(9)5-3-4-6-10/h8-9,11H,3-7H2,1-2H3. The van der Waals surface area contributed by atoms with Crippen LogP contribution in [0, 0.1) is 0 Å². The Labute approximate surface area is 74.7 Å². The molecule has 70 valence electrons. The Hall–Kier alpha value is -0.0800. The van der Waals surface area contributed by atoms with Gasteiger partial charge in [0.1, 0.15) is 0 Å². The molecular formula is C10H19NO. The molecular weight excluding hydrogens is 150 g/mol. The van der Waals surface area contributed by atoms with Gasteiger partial charge in [-0.1, -0.05) is 26.7 Å². The lowest BCUT2D eigenvalue weighted by molar-refractivity contribution is -0.174. The van der Waals surface area contributed by atoms with Gasteiger partial charge in [0.25, 0.3) is 0 Å². The van der Waals surface area contributed by atoms with Crippen molar-refractivity contribution < 1.29 is 4.74 Å². The number of hydrogen-bond acceptors (Lipinski definition) is 2. The molecule has 2 nitrogen and oxygen atoms in total. The highest BCUT2D eigenvalue weighted by Gasteiger charge is 2.49. The first-order chi connectivity index (χ1) is 5.73. The van der Waals surface area contributed by atoms with Crippen LogP contribution in [0.1, 0.15) is 39.5 Å². The van der Waals surface area contributed by atoms with Crippen molar-refractivity contribution in [3.63, 3.8) is 0 Å². The molecule has 1 aliphatic heterocycles. The van der Waals surface area contributed by atoms with Crippen molar-refractivity contribution in [2.75, 3.05) is 6.61 Å². The minimum Gasteiger partial charge on any atom is -0.372 e. The lowest BCUT2D eigenvalue weighted by Gasteiger charge is -2.48. The Morgan fingerprint density at radius 3 is 2.42 bits per heavy atom. The molecule has 0 radical (unpaired) electrons. The van der Waals surface area contributed by atoms with Crippen molar-refractivity contribution in [2.45, 2.75) is 57.2 Å². The third-order valence-corrected chi connectivity index (χ3v) is 3.16. The van der Waals surface area contributed by atoms with E-state index in [0.29, 0.717) is 12.1 Å². The molecule has 1 unspecified atom stereocenters. The number of hydrogen-bond donors (Lipinski definition) is 1. The van der Waals surface area contributed by atoms with Crippen LogP contribution in [0.25, 0.3) is 0 Å². The van der Waals surface area contributed by atoms with Gasteiger partial charge in [0.05, 0.1) is 18.2 Å². The fourth-order valence-corrected chi connectivity index (χ4v) is 2.47. The summed E-state index contributed by atoms with van der Waals surface area (Å²) in [7, 11) is 0. The molecule has 2 fully saturated rings. The highest BCUT2D eigenvalue weighted by Crippen LogP contribution is 2.42. The summed E-state index contributed by atoms with van der Waals surface area (Å²) in [6.07, 6.45) is 5.27. The van der Waals surface area contributed by atoms with Gasteiger partial charge in [0, 0.05) is 6.04 Å². The SMILES string of the molecule is CC(C)NC1COC12CCCC2. The Bertz CT molecular complexity index is 161. The molecule has 0 amide bonds. The van der Waals surface area contributed by atoms with Crippen molar-refractivity contribution in [2.24, 2.45) is 0 Å². The summed E-state index contributed by atoms with van der Waals surface area (Å²) in [5, 5.41) is 3.59. The Kier molecular flexibility index (Phi) is 2.13. The molecule has 2 aliphatic rings. The molecule has 0 bridgehead atoms. The maximum atomic E-state index is 5.73. The first-order valence-corrected chi connectivity index (χ1v) is 5.13. The van der Waals surface area contributed by atoms with Crippen molar-refractivity contribution in [1.29, 1.82) is 0 Å². The molecule has 0 aromatic carbocycles. The summed E-state index contributed by atoms with van der Waals surface area (Å²) in [4.78, 5) is 0. The largest absolute Gasteiger partial charge is 0.372 e. The molecule has 12 heavy (non-hydrogen) atoms. The van der Waals surface area contributed by atoms with Crippen molar-refractivity contribution in [3.05, 3.63) is 0 Å². The van der Waals surface area contributed by atoms with Gasteiger partial charge >= 0.3 is 0 Å². The van der Waals surface area contributed by atoms with E-state index in [0.717, 1.165) is 6.61 Å². The zero-order valence-corrected chi connectivity index (χ0v) is 8.10. The van der Waals surface area contributed by atoms with Gasteiger partial charge in [0.15, 0.2) is 0 Å². The minimum absolute atomic E-state index is 0.254. The van der Waals surface area contributed by atoms with E-state index in [9.17, 15) is 0 Å². The molecule has 1 N–H and O–H groups in total. The zero-order chi connectivity index (χ0) is 8.60. The summed E-state index contributed by atoms with van der Waals surface area (Å²) >= 11 is 0. The van der Waals surface area contributed by atoms with Crippen LogP contribution >= 0.6 is 0 Å². The lowest BCUT2D eigenvalue weighted by atomic mass is 9.87. The third kappa shape index (κ3) is 1.27. The zero-order valence-electron chi connectivity index (χ0n) is 8.10. The highest BCUT2D eigenvalue weighted by atomic mass is 16.5. The molecule has 2 heteroatoms. The van der Waals surface area contributed by atoms with Crippen LogP contribution in [-0.4, -0.2) is 24.3 Å². The maximum Gasteiger partial charge on any atom is 0.0858 e. The van der Waals surface area contributed by atoms with Crippen LogP contribution in [0.3, 0.4) is 0 Å². The topological polar surface area (TPSA) is 21.3 Å². The van der Waals surface area contributed by atoms with Crippen molar-refractivity contribution in [3.8, 4) is 0 Å². The van der Waals surface area contributed by atoms with E-state index in [1.54, 1.807) is 0 Å². The van der Waals surface area contributed by atoms with E-state index in [-0.39, 0.29) is 5.60 Å². The quantitative estimate of drug-likeness (QED) is 0.679. The number of ether oxygens (including phenoxy) is 1. The van der Waals surface area contributed by atoms with Crippen LogP contribution in [-0.2, 0) is 4.74 Å². The van der Waals surface area contributed by atoms with E-state index < -0.39 is 0 Å². The van der Waals surface area contributed by atoms with E-state index in [1.807, 2.05) is 0 Å². The fourth-order valence-electron chi connectivity index (χ4n) is 2.47. The van der Waals surface area contributed by atoms with Gasteiger partial charge in [-0.15, -0.1) is 0 Å². The second-order valence-corrected chi connectivity index (χ2v) is 4.46. The van der Waals surface area contributed by atoms with Crippen LogP contribution < -0.4 is 5.32 Å². The second-order valence-electron chi connectivity index (χ2n) is 4.46. The van der Waals surface area contributed by atoms with Crippen molar-refractivity contribution >= 4 is 0 Å². The average molecular weight is 169 g/mol.